The molecule has 0 fully saturated rings. The van der Waals surface area contributed by atoms with E-state index in [1.54, 1.807) is 17.1 Å². The fourth-order valence-electron chi connectivity index (χ4n) is 1.13. The Balaban J connectivity index is 2.34. The number of nitrogens with one attached hydrogen (secondary N) is 1. The summed E-state index contributed by atoms with van der Waals surface area (Å²) in [6.07, 6.45) is 4.93. The second kappa shape index (κ2) is 4.79. The SMILES string of the molecule is CC(C)CCC(=O)Nc1cnn(C)c1. The second-order valence-electron chi connectivity index (χ2n) is 3.88. The van der Waals surface area contributed by atoms with Crippen molar-refractivity contribution in [2.45, 2.75) is 26.7 Å². The van der Waals surface area contributed by atoms with Crippen LogP contribution in [0.25, 0.3) is 0 Å². The molecule has 1 amide bonds. The van der Waals surface area contributed by atoms with Gasteiger partial charge in [-0.25, -0.2) is 0 Å². The minimum absolute atomic E-state index is 0.0618. The molecule has 1 aromatic rings. The summed E-state index contributed by atoms with van der Waals surface area (Å²) in [5.41, 5.74) is 0.765. The molecule has 0 saturated heterocycles. The first-order chi connectivity index (χ1) is 6.58. The maximum Gasteiger partial charge on any atom is 0.224 e. The number of carbonyl (C=O) groups excluding carboxylic acids is 1. The Morgan fingerprint density at radius 3 is 2.86 bits per heavy atom. The van der Waals surface area contributed by atoms with Crippen LogP contribution < -0.4 is 5.32 Å². The molecule has 0 unspecified atom stereocenters. The highest BCUT2D eigenvalue weighted by atomic mass is 16.1. The normalized spacial score (nSPS) is 10.6. The molecule has 0 atom stereocenters. The van der Waals surface area contributed by atoms with Gasteiger partial charge in [-0.2, -0.15) is 5.10 Å². The van der Waals surface area contributed by atoms with Crippen molar-refractivity contribution in [3.8, 4) is 0 Å². The van der Waals surface area contributed by atoms with E-state index in [0.717, 1.165) is 12.1 Å². The third-order valence-corrected chi connectivity index (χ3v) is 1.94. The summed E-state index contributed by atoms with van der Waals surface area (Å²) < 4.78 is 1.66. The molecule has 0 saturated carbocycles. The third-order valence-electron chi connectivity index (χ3n) is 1.94. The highest BCUT2D eigenvalue weighted by Gasteiger charge is 2.04. The molecule has 1 rings (SSSR count). The molecule has 0 aliphatic heterocycles. The fraction of sp³-hybridized carbons (Fsp3) is 0.600. The lowest BCUT2D eigenvalue weighted by atomic mass is 10.1. The lowest BCUT2D eigenvalue weighted by Crippen LogP contribution is -2.11. The molecule has 4 nitrogen and oxygen atoms in total. The van der Waals surface area contributed by atoms with Gasteiger partial charge in [-0.15, -0.1) is 0 Å². The number of anilines is 1. The minimum Gasteiger partial charge on any atom is -0.323 e. The van der Waals surface area contributed by atoms with Gasteiger partial charge >= 0.3 is 0 Å². The van der Waals surface area contributed by atoms with Gasteiger partial charge < -0.3 is 5.32 Å². The topological polar surface area (TPSA) is 46.9 Å². The lowest BCUT2D eigenvalue weighted by Gasteiger charge is -2.04. The first-order valence-electron chi connectivity index (χ1n) is 4.86. The van der Waals surface area contributed by atoms with Gasteiger partial charge in [0.05, 0.1) is 11.9 Å². The van der Waals surface area contributed by atoms with Crippen molar-refractivity contribution in [2.75, 3.05) is 5.32 Å². The van der Waals surface area contributed by atoms with Crippen LogP contribution in [0.2, 0.25) is 0 Å². The average molecular weight is 195 g/mol. The number of amides is 1. The number of hydrogen-bond donors (Lipinski definition) is 1. The number of rotatable bonds is 4. The molecule has 14 heavy (non-hydrogen) atoms. The van der Waals surface area contributed by atoms with Gasteiger partial charge in [-0.1, -0.05) is 13.8 Å². The van der Waals surface area contributed by atoms with Gasteiger partial charge in [0.1, 0.15) is 0 Å². The first kappa shape index (κ1) is 10.8. The Kier molecular flexibility index (Phi) is 3.68. The van der Waals surface area contributed by atoms with Gasteiger partial charge in [-0.3, -0.25) is 9.48 Å². The molecule has 1 N–H and O–H groups in total. The Labute approximate surface area is 84.3 Å². The van der Waals surface area contributed by atoms with Gasteiger partial charge in [0.25, 0.3) is 0 Å². The van der Waals surface area contributed by atoms with E-state index in [0.29, 0.717) is 12.3 Å². The van der Waals surface area contributed by atoms with Gasteiger partial charge in [0.2, 0.25) is 5.91 Å². The van der Waals surface area contributed by atoms with Crippen molar-refractivity contribution < 1.29 is 4.79 Å². The van der Waals surface area contributed by atoms with E-state index >= 15 is 0 Å². The predicted octanol–water partition coefficient (Wildman–Crippen LogP) is 1.79. The van der Waals surface area contributed by atoms with E-state index in [1.807, 2.05) is 7.05 Å². The molecule has 0 aliphatic carbocycles. The zero-order valence-corrected chi connectivity index (χ0v) is 8.95. The van der Waals surface area contributed by atoms with Crippen LogP contribution in [0.1, 0.15) is 26.7 Å². The van der Waals surface area contributed by atoms with E-state index < -0.39 is 0 Å². The van der Waals surface area contributed by atoms with E-state index in [-0.39, 0.29) is 5.91 Å². The number of carbonyl (C=O) groups is 1. The van der Waals surface area contributed by atoms with Crippen molar-refractivity contribution in [1.82, 2.24) is 9.78 Å². The van der Waals surface area contributed by atoms with Crippen LogP contribution in [0.3, 0.4) is 0 Å². The van der Waals surface area contributed by atoms with Crippen LogP contribution in [0.5, 0.6) is 0 Å². The van der Waals surface area contributed by atoms with Crippen molar-refractivity contribution in [1.29, 1.82) is 0 Å². The highest BCUT2D eigenvalue weighted by Crippen LogP contribution is 2.07. The number of aromatic nitrogens is 2. The molecule has 0 aliphatic rings. The van der Waals surface area contributed by atoms with Gasteiger partial charge in [0, 0.05) is 19.7 Å². The molecular weight excluding hydrogens is 178 g/mol. The van der Waals surface area contributed by atoms with Crippen LogP contribution >= 0.6 is 0 Å². The quantitative estimate of drug-likeness (QED) is 0.796. The molecule has 1 heterocycles. The summed E-state index contributed by atoms with van der Waals surface area (Å²) in [5, 5.41) is 6.76. The Morgan fingerprint density at radius 1 is 1.64 bits per heavy atom. The summed E-state index contributed by atoms with van der Waals surface area (Å²) in [6.45, 7) is 4.22. The first-order valence-corrected chi connectivity index (χ1v) is 4.86. The zero-order chi connectivity index (χ0) is 10.6. The van der Waals surface area contributed by atoms with Crippen LogP contribution in [0, 0.1) is 5.92 Å². The largest absolute Gasteiger partial charge is 0.323 e. The molecule has 1 aromatic heterocycles. The Bertz CT molecular complexity index is 304. The van der Waals surface area contributed by atoms with Crippen LogP contribution in [-0.2, 0) is 11.8 Å². The molecular formula is C10H17N3O. The monoisotopic (exact) mass is 195 g/mol. The predicted molar refractivity (Wildman–Crippen MR) is 55.9 cm³/mol. The van der Waals surface area contributed by atoms with E-state index in [1.165, 1.54) is 0 Å². The highest BCUT2D eigenvalue weighted by molar-refractivity contribution is 5.90. The van der Waals surface area contributed by atoms with E-state index in [9.17, 15) is 4.79 Å². The minimum atomic E-state index is 0.0618. The molecule has 78 valence electrons. The summed E-state index contributed by atoms with van der Waals surface area (Å²) in [4.78, 5) is 11.4. The molecule has 0 bridgehead atoms. The smallest absolute Gasteiger partial charge is 0.224 e. The summed E-state index contributed by atoms with van der Waals surface area (Å²) >= 11 is 0. The molecule has 0 spiro atoms. The summed E-state index contributed by atoms with van der Waals surface area (Å²) in [6, 6.07) is 0. The standard InChI is InChI=1S/C10H17N3O/c1-8(2)4-5-10(14)12-9-6-11-13(3)7-9/h6-8H,4-5H2,1-3H3,(H,12,14). The Morgan fingerprint density at radius 2 is 2.36 bits per heavy atom. The van der Waals surface area contributed by atoms with E-state index in [4.69, 9.17) is 0 Å². The van der Waals surface area contributed by atoms with Crippen molar-refractivity contribution in [3.05, 3.63) is 12.4 Å². The van der Waals surface area contributed by atoms with E-state index in [2.05, 4.69) is 24.3 Å². The third kappa shape index (κ3) is 3.60. The maximum atomic E-state index is 11.4. The van der Waals surface area contributed by atoms with Crippen LogP contribution in [0.4, 0.5) is 5.69 Å². The molecule has 0 aromatic carbocycles. The fourth-order valence-corrected chi connectivity index (χ4v) is 1.13. The van der Waals surface area contributed by atoms with Gasteiger partial charge in [0.15, 0.2) is 0 Å². The lowest BCUT2D eigenvalue weighted by molar-refractivity contribution is -0.116. The summed E-state index contributed by atoms with van der Waals surface area (Å²) in [5.74, 6) is 0.626. The number of aryl methyl sites for hydroxylation is 1. The molecule has 0 radical (unpaired) electrons. The average Bonchev–Trinajstić information content (AvgIpc) is 2.48. The molecule has 4 heteroatoms. The maximum absolute atomic E-state index is 11.4. The van der Waals surface area contributed by atoms with Crippen LogP contribution in [0.15, 0.2) is 12.4 Å². The van der Waals surface area contributed by atoms with Crippen molar-refractivity contribution in [3.63, 3.8) is 0 Å². The summed E-state index contributed by atoms with van der Waals surface area (Å²) in [7, 11) is 1.82. The zero-order valence-electron chi connectivity index (χ0n) is 8.95. The Hall–Kier alpha value is -1.32. The number of nitrogens with zero attached hydrogens (tertiary/aromatic N) is 2. The van der Waals surface area contributed by atoms with Crippen molar-refractivity contribution >= 4 is 11.6 Å². The number of hydrogen-bond acceptors (Lipinski definition) is 2. The van der Waals surface area contributed by atoms with Gasteiger partial charge in [-0.05, 0) is 12.3 Å². The van der Waals surface area contributed by atoms with Crippen LogP contribution in [-0.4, -0.2) is 15.7 Å². The second-order valence-corrected chi connectivity index (χ2v) is 3.88. The van der Waals surface area contributed by atoms with Crippen molar-refractivity contribution in [2.24, 2.45) is 13.0 Å².